The Hall–Kier alpha value is -2.36. The van der Waals surface area contributed by atoms with Gasteiger partial charge in [-0.1, -0.05) is 37.1 Å². The quantitative estimate of drug-likeness (QED) is 0.914. The molecule has 1 aliphatic rings. The standard InChI is InChI=1S/C19H20FNO2/c1-23-15-8-6-7-14(13-15)21-18(22)19(11-4-5-12-19)16-9-2-3-10-17(16)20/h2-3,6-10,13H,4-5,11-12H2,1H3,(H,21,22). The Bertz CT molecular complexity index is 708. The number of carbonyl (C=O) groups excluding carboxylic acids is 1. The van der Waals surface area contributed by atoms with E-state index in [-0.39, 0.29) is 11.7 Å². The van der Waals surface area contributed by atoms with Gasteiger partial charge in [0.05, 0.1) is 12.5 Å². The summed E-state index contributed by atoms with van der Waals surface area (Å²) in [5.41, 5.74) is 0.379. The first kappa shape index (κ1) is 15.5. The van der Waals surface area contributed by atoms with Gasteiger partial charge in [-0.3, -0.25) is 4.79 Å². The molecule has 0 saturated heterocycles. The maximum Gasteiger partial charge on any atom is 0.235 e. The molecule has 23 heavy (non-hydrogen) atoms. The molecule has 0 aliphatic heterocycles. The maximum absolute atomic E-state index is 14.3. The van der Waals surface area contributed by atoms with Gasteiger partial charge in [-0.25, -0.2) is 4.39 Å². The van der Waals surface area contributed by atoms with Gasteiger partial charge in [0.2, 0.25) is 5.91 Å². The normalized spacial score (nSPS) is 16.1. The highest BCUT2D eigenvalue weighted by Gasteiger charge is 2.44. The van der Waals surface area contributed by atoms with Gasteiger partial charge in [-0.15, -0.1) is 0 Å². The van der Waals surface area contributed by atoms with Crippen LogP contribution in [0.3, 0.4) is 0 Å². The number of carbonyl (C=O) groups is 1. The third-order valence-electron chi connectivity index (χ3n) is 4.61. The molecule has 3 nitrogen and oxygen atoms in total. The SMILES string of the molecule is COc1cccc(NC(=O)C2(c3ccccc3F)CCCC2)c1. The van der Waals surface area contributed by atoms with Gasteiger partial charge in [0.25, 0.3) is 0 Å². The third kappa shape index (κ3) is 2.93. The highest BCUT2D eigenvalue weighted by molar-refractivity contribution is 5.99. The van der Waals surface area contributed by atoms with Crippen LogP contribution in [0.25, 0.3) is 0 Å². The molecule has 0 spiro atoms. The Morgan fingerprint density at radius 3 is 2.57 bits per heavy atom. The molecule has 1 fully saturated rings. The molecule has 0 aromatic heterocycles. The zero-order valence-corrected chi connectivity index (χ0v) is 13.1. The molecule has 4 heteroatoms. The Kier molecular flexibility index (Phi) is 4.33. The van der Waals surface area contributed by atoms with Crippen LogP contribution >= 0.6 is 0 Å². The number of rotatable bonds is 4. The van der Waals surface area contributed by atoms with Crippen molar-refractivity contribution in [2.24, 2.45) is 0 Å². The van der Waals surface area contributed by atoms with Crippen LogP contribution in [0, 0.1) is 5.82 Å². The number of amides is 1. The second-order valence-corrected chi connectivity index (χ2v) is 5.96. The second kappa shape index (κ2) is 6.41. The van der Waals surface area contributed by atoms with Crippen molar-refractivity contribution < 1.29 is 13.9 Å². The monoisotopic (exact) mass is 313 g/mol. The number of ether oxygens (including phenoxy) is 1. The van der Waals surface area contributed by atoms with Crippen LogP contribution in [0.15, 0.2) is 48.5 Å². The first-order chi connectivity index (χ1) is 11.2. The summed E-state index contributed by atoms with van der Waals surface area (Å²) in [6, 6.07) is 13.8. The lowest BCUT2D eigenvalue weighted by Gasteiger charge is -2.28. The molecular weight excluding hydrogens is 293 g/mol. The van der Waals surface area contributed by atoms with E-state index in [1.165, 1.54) is 6.07 Å². The van der Waals surface area contributed by atoms with Gasteiger partial charge in [0.15, 0.2) is 0 Å². The summed E-state index contributed by atoms with van der Waals surface area (Å²) >= 11 is 0. The van der Waals surface area contributed by atoms with Crippen molar-refractivity contribution in [1.82, 2.24) is 0 Å². The lowest BCUT2D eigenvalue weighted by atomic mass is 9.77. The van der Waals surface area contributed by atoms with Crippen molar-refractivity contribution in [3.63, 3.8) is 0 Å². The fourth-order valence-electron chi connectivity index (χ4n) is 3.40. The van der Waals surface area contributed by atoms with E-state index in [1.807, 2.05) is 18.2 Å². The molecule has 1 amide bonds. The average Bonchev–Trinajstić information content (AvgIpc) is 3.06. The van der Waals surface area contributed by atoms with Crippen LogP contribution in [-0.4, -0.2) is 13.0 Å². The molecule has 1 N–H and O–H groups in total. The van der Waals surface area contributed by atoms with E-state index < -0.39 is 5.41 Å². The minimum Gasteiger partial charge on any atom is -0.497 e. The molecule has 1 aliphatic carbocycles. The van der Waals surface area contributed by atoms with Gasteiger partial charge >= 0.3 is 0 Å². The van der Waals surface area contributed by atoms with Crippen molar-refractivity contribution in [2.75, 3.05) is 12.4 Å². The molecule has 0 bridgehead atoms. The highest BCUT2D eigenvalue weighted by Crippen LogP contribution is 2.43. The summed E-state index contributed by atoms with van der Waals surface area (Å²) in [6.07, 6.45) is 3.20. The van der Waals surface area contributed by atoms with E-state index >= 15 is 0 Å². The van der Waals surface area contributed by atoms with E-state index in [9.17, 15) is 9.18 Å². The molecule has 1 saturated carbocycles. The number of anilines is 1. The van der Waals surface area contributed by atoms with Crippen LogP contribution < -0.4 is 10.1 Å². The fourth-order valence-corrected chi connectivity index (χ4v) is 3.40. The zero-order chi connectivity index (χ0) is 16.3. The molecular formula is C19H20FNO2. The second-order valence-electron chi connectivity index (χ2n) is 5.96. The number of nitrogens with one attached hydrogen (secondary N) is 1. The van der Waals surface area contributed by atoms with E-state index in [2.05, 4.69) is 5.32 Å². The average molecular weight is 313 g/mol. The van der Waals surface area contributed by atoms with Crippen LogP contribution in [0.4, 0.5) is 10.1 Å². The van der Waals surface area contributed by atoms with Crippen molar-refractivity contribution in [2.45, 2.75) is 31.1 Å². The molecule has 0 atom stereocenters. The van der Waals surface area contributed by atoms with Crippen molar-refractivity contribution in [3.05, 3.63) is 59.9 Å². The van der Waals surface area contributed by atoms with Gasteiger partial charge < -0.3 is 10.1 Å². The minimum absolute atomic E-state index is 0.145. The smallest absolute Gasteiger partial charge is 0.235 e. The van der Waals surface area contributed by atoms with E-state index in [1.54, 1.807) is 31.4 Å². The Morgan fingerprint density at radius 1 is 1.13 bits per heavy atom. The van der Waals surface area contributed by atoms with Crippen molar-refractivity contribution in [3.8, 4) is 5.75 Å². The Balaban J connectivity index is 1.92. The number of benzene rings is 2. The van der Waals surface area contributed by atoms with Crippen LogP contribution in [0.1, 0.15) is 31.2 Å². The van der Waals surface area contributed by atoms with E-state index in [0.717, 1.165) is 12.8 Å². The van der Waals surface area contributed by atoms with Gasteiger partial charge in [-0.2, -0.15) is 0 Å². The topological polar surface area (TPSA) is 38.3 Å². The summed E-state index contributed by atoms with van der Waals surface area (Å²) in [7, 11) is 1.58. The first-order valence-corrected chi connectivity index (χ1v) is 7.86. The molecule has 2 aromatic carbocycles. The number of hydrogen-bond acceptors (Lipinski definition) is 2. The van der Waals surface area contributed by atoms with E-state index in [0.29, 0.717) is 29.8 Å². The number of methoxy groups -OCH3 is 1. The first-order valence-electron chi connectivity index (χ1n) is 7.86. The highest BCUT2D eigenvalue weighted by atomic mass is 19.1. The minimum atomic E-state index is -0.783. The van der Waals surface area contributed by atoms with Crippen LogP contribution in [0.2, 0.25) is 0 Å². The number of hydrogen-bond donors (Lipinski definition) is 1. The summed E-state index contributed by atoms with van der Waals surface area (Å²) < 4.78 is 19.5. The van der Waals surface area contributed by atoms with Crippen molar-refractivity contribution >= 4 is 11.6 Å². The van der Waals surface area contributed by atoms with Crippen molar-refractivity contribution in [1.29, 1.82) is 0 Å². The van der Waals surface area contributed by atoms with Gasteiger partial charge in [-0.05, 0) is 31.0 Å². The maximum atomic E-state index is 14.3. The molecule has 3 rings (SSSR count). The predicted molar refractivity (Wildman–Crippen MR) is 88.2 cm³/mol. The van der Waals surface area contributed by atoms with Gasteiger partial charge in [0, 0.05) is 17.3 Å². The molecule has 2 aromatic rings. The zero-order valence-electron chi connectivity index (χ0n) is 13.1. The molecule has 0 unspecified atom stereocenters. The van der Waals surface area contributed by atoms with Gasteiger partial charge in [0.1, 0.15) is 11.6 Å². The summed E-state index contributed by atoms with van der Waals surface area (Å²) in [6.45, 7) is 0. The summed E-state index contributed by atoms with van der Waals surface area (Å²) in [5, 5.41) is 2.94. The molecule has 0 radical (unpaired) electrons. The fraction of sp³-hybridized carbons (Fsp3) is 0.316. The van der Waals surface area contributed by atoms with E-state index in [4.69, 9.17) is 4.74 Å². The predicted octanol–water partition coefficient (Wildman–Crippen LogP) is 4.28. The lowest BCUT2D eigenvalue weighted by molar-refractivity contribution is -0.121. The lowest BCUT2D eigenvalue weighted by Crippen LogP contribution is -2.38. The largest absolute Gasteiger partial charge is 0.497 e. The Labute approximate surface area is 135 Å². The molecule has 120 valence electrons. The number of halogens is 1. The summed E-state index contributed by atoms with van der Waals surface area (Å²) in [4.78, 5) is 13.0. The van der Waals surface area contributed by atoms with Crippen LogP contribution in [0.5, 0.6) is 5.75 Å². The molecule has 0 heterocycles. The summed E-state index contributed by atoms with van der Waals surface area (Å²) in [5.74, 6) is 0.220. The van der Waals surface area contributed by atoms with Crippen LogP contribution in [-0.2, 0) is 10.2 Å². The Morgan fingerprint density at radius 2 is 1.87 bits per heavy atom. The third-order valence-corrected chi connectivity index (χ3v) is 4.61.